The molecule has 4 rings (SSSR count). The van der Waals surface area contributed by atoms with E-state index in [1.165, 1.54) is 22.9 Å². The second kappa shape index (κ2) is 7.05. The number of hydrogen-bond acceptors (Lipinski definition) is 7. The average molecular weight is 384 g/mol. The van der Waals surface area contributed by atoms with Gasteiger partial charge in [-0.2, -0.15) is 4.98 Å². The third-order valence-electron chi connectivity index (χ3n) is 4.08. The molecule has 0 aliphatic heterocycles. The molecule has 3 aromatic heterocycles. The van der Waals surface area contributed by atoms with Crippen LogP contribution in [0.5, 0.6) is 0 Å². The van der Waals surface area contributed by atoms with Crippen molar-refractivity contribution in [1.82, 2.24) is 24.9 Å². The second-order valence-electron chi connectivity index (χ2n) is 5.91. The van der Waals surface area contributed by atoms with Crippen LogP contribution >= 0.6 is 23.1 Å². The maximum Gasteiger partial charge on any atom is 0.237 e. The number of aryl methyl sites for hydroxylation is 3. The molecule has 6 nitrogen and oxygen atoms in total. The molecule has 0 unspecified atom stereocenters. The molecule has 0 aliphatic rings. The van der Waals surface area contributed by atoms with Crippen LogP contribution in [0.2, 0.25) is 0 Å². The highest BCUT2D eigenvalue weighted by molar-refractivity contribution is 7.98. The molecule has 0 N–H and O–H groups in total. The molecule has 0 radical (unpaired) electrons. The molecule has 26 heavy (non-hydrogen) atoms. The van der Waals surface area contributed by atoms with Crippen LogP contribution in [-0.2, 0) is 5.75 Å². The number of aromatic nitrogens is 5. The van der Waals surface area contributed by atoms with Crippen LogP contribution in [-0.4, -0.2) is 24.9 Å². The van der Waals surface area contributed by atoms with Crippen molar-refractivity contribution in [3.63, 3.8) is 0 Å². The third kappa shape index (κ3) is 3.30. The number of thioether (sulfide) groups is 1. The SMILES string of the molecule is Cc1ccc(-n2c(C)nnc2SCc2nc(-c3cccs3)no2)cc1C. The van der Waals surface area contributed by atoms with E-state index >= 15 is 0 Å². The Kier molecular flexibility index (Phi) is 4.60. The highest BCUT2D eigenvalue weighted by Crippen LogP contribution is 2.27. The van der Waals surface area contributed by atoms with Gasteiger partial charge in [0.15, 0.2) is 5.16 Å². The number of thiophene rings is 1. The number of benzene rings is 1. The van der Waals surface area contributed by atoms with Gasteiger partial charge in [-0.25, -0.2) is 0 Å². The fourth-order valence-electron chi connectivity index (χ4n) is 2.54. The zero-order chi connectivity index (χ0) is 18.1. The Hall–Kier alpha value is -2.45. The van der Waals surface area contributed by atoms with Crippen LogP contribution in [0.3, 0.4) is 0 Å². The molecule has 0 spiro atoms. The van der Waals surface area contributed by atoms with E-state index < -0.39 is 0 Å². The van der Waals surface area contributed by atoms with E-state index in [-0.39, 0.29) is 0 Å². The molecule has 0 saturated carbocycles. The predicted molar refractivity (Wildman–Crippen MR) is 103 cm³/mol. The van der Waals surface area contributed by atoms with Gasteiger partial charge in [0.2, 0.25) is 11.7 Å². The summed E-state index contributed by atoms with van der Waals surface area (Å²) in [5, 5.41) is 15.4. The quantitative estimate of drug-likeness (QED) is 0.469. The number of nitrogens with zero attached hydrogens (tertiary/aromatic N) is 5. The lowest BCUT2D eigenvalue weighted by molar-refractivity contribution is 0.391. The smallest absolute Gasteiger partial charge is 0.237 e. The molecule has 0 amide bonds. The minimum Gasteiger partial charge on any atom is -0.338 e. The molecule has 132 valence electrons. The Balaban J connectivity index is 1.55. The minimum atomic E-state index is 0.543. The van der Waals surface area contributed by atoms with E-state index in [2.05, 4.69) is 52.4 Å². The van der Waals surface area contributed by atoms with Gasteiger partial charge in [0.1, 0.15) is 5.82 Å². The Morgan fingerprint density at radius 1 is 1.12 bits per heavy atom. The summed E-state index contributed by atoms with van der Waals surface area (Å²) >= 11 is 3.12. The van der Waals surface area contributed by atoms with Crippen LogP contribution in [0.15, 0.2) is 45.4 Å². The van der Waals surface area contributed by atoms with Crippen molar-refractivity contribution in [3.8, 4) is 16.4 Å². The molecule has 0 aliphatic carbocycles. The number of rotatable bonds is 5. The summed E-state index contributed by atoms with van der Waals surface area (Å²) in [4.78, 5) is 5.46. The fraction of sp³-hybridized carbons (Fsp3) is 0.222. The van der Waals surface area contributed by atoms with E-state index in [1.807, 2.05) is 29.0 Å². The van der Waals surface area contributed by atoms with E-state index in [0.29, 0.717) is 17.5 Å². The molecule has 0 bridgehead atoms. The van der Waals surface area contributed by atoms with Gasteiger partial charge >= 0.3 is 0 Å². The largest absolute Gasteiger partial charge is 0.338 e. The van der Waals surface area contributed by atoms with E-state index in [9.17, 15) is 0 Å². The van der Waals surface area contributed by atoms with Crippen molar-refractivity contribution in [2.75, 3.05) is 0 Å². The first kappa shape index (κ1) is 17.0. The van der Waals surface area contributed by atoms with Crippen molar-refractivity contribution >= 4 is 23.1 Å². The van der Waals surface area contributed by atoms with Gasteiger partial charge < -0.3 is 4.52 Å². The Labute approximate surface area is 159 Å². The van der Waals surface area contributed by atoms with Crippen molar-refractivity contribution in [3.05, 3.63) is 58.6 Å². The van der Waals surface area contributed by atoms with Gasteiger partial charge in [-0.05, 0) is 55.5 Å². The molecule has 8 heteroatoms. The van der Waals surface area contributed by atoms with Crippen LogP contribution in [0.25, 0.3) is 16.4 Å². The van der Waals surface area contributed by atoms with Crippen molar-refractivity contribution in [2.45, 2.75) is 31.7 Å². The molecule has 0 atom stereocenters. The first-order chi connectivity index (χ1) is 12.6. The normalized spacial score (nSPS) is 11.2. The maximum absolute atomic E-state index is 5.36. The zero-order valence-corrected chi connectivity index (χ0v) is 16.3. The Bertz CT molecular complexity index is 1040. The Morgan fingerprint density at radius 3 is 2.77 bits per heavy atom. The fourth-order valence-corrected chi connectivity index (χ4v) is 4.03. The van der Waals surface area contributed by atoms with Gasteiger partial charge in [-0.1, -0.05) is 29.1 Å². The summed E-state index contributed by atoms with van der Waals surface area (Å²) in [6, 6.07) is 10.3. The van der Waals surface area contributed by atoms with Gasteiger partial charge in [-0.3, -0.25) is 4.57 Å². The van der Waals surface area contributed by atoms with Crippen molar-refractivity contribution < 1.29 is 4.52 Å². The lowest BCUT2D eigenvalue weighted by atomic mass is 10.1. The number of hydrogen-bond donors (Lipinski definition) is 0. The molecule has 3 heterocycles. The molecular formula is C18H17N5OS2. The molecule has 1 aromatic carbocycles. The van der Waals surface area contributed by atoms with Crippen LogP contribution in [0.1, 0.15) is 22.8 Å². The molecule has 4 aromatic rings. The van der Waals surface area contributed by atoms with Crippen molar-refractivity contribution in [2.24, 2.45) is 0 Å². The van der Waals surface area contributed by atoms with Crippen molar-refractivity contribution in [1.29, 1.82) is 0 Å². The highest BCUT2D eigenvalue weighted by Gasteiger charge is 2.15. The minimum absolute atomic E-state index is 0.543. The van der Waals surface area contributed by atoms with E-state index in [0.717, 1.165) is 21.5 Å². The summed E-state index contributed by atoms with van der Waals surface area (Å²) in [5.74, 6) is 2.59. The van der Waals surface area contributed by atoms with Gasteiger partial charge in [0.05, 0.1) is 10.6 Å². The highest BCUT2D eigenvalue weighted by atomic mass is 32.2. The summed E-state index contributed by atoms with van der Waals surface area (Å²) < 4.78 is 7.41. The Morgan fingerprint density at radius 2 is 2.00 bits per heavy atom. The first-order valence-corrected chi connectivity index (χ1v) is 9.97. The summed E-state index contributed by atoms with van der Waals surface area (Å²) in [7, 11) is 0. The molecule has 0 saturated heterocycles. The van der Waals surface area contributed by atoms with Gasteiger partial charge in [0.25, 0.3) is 0 Å². The summed E-state index contributed by atoms with van der Waals surface area (Å²) in [5.41, 5.74) is 3.56. The lowest BCUT2D eigenvalue weighted by Gasteiger charge is -2.10. The van der Waals surface area contributed by atoms with E-state index in [1.54, 1.807) is 11.3 Å². The molecule has 0 fully saturated rings. The lowest BCUT2D eigenvalue weighted by Crippen LogP contribution is -2.00. The van der Waals surface area contributed by atoms with Gasteiger partial charge in [-0.15, -0.1) is 21.5 Å². The first-order valence-electron chi connectivity index (χ1n) is 8.11. The van der Waals surface area contributed by atoms with Crippen LogP contribution in [0, 0.1) is 20.8 Å². The average Bonchev–Trinajstić information content (AvgIpc) is 3.36. The summed E-state index contributed by atoms with van der Waals surface area (Å²) in [6.07, 6.45) is 0. The zero-order valence-electron chi connectivity index (χ0n) is 14.6. The van der Waals surface area contributed by atoms with Crippen LogP contribution < -0.4 is 0 Å². The topological polar surface area (TPSA) is 69.6 Å². The standard InChI is InChI=1S/C18H17N5OS2/c1-11-6-7-14(9-12(11)2)23-13(3)20-21-18(23)26-10-16-19-17(22-24-16)15-5-4-8-25-15/h4-9H,10H2,1-3H3. The molecular weight excluding hydrogens is 366 g/mol. The third-order valence-corrected chi connectivity index (χ3v) is 5.86. The monoisotopic (exact) mass is 383 g/mol. The predicted octanol–water partition coefficient (Wildman–Crippen LogP) is 4.60. The maximum atomic E-state index is 5.36. The summed E-state index contributed by atoms with van der Waals surface area (Å²) in [6.45, 7) is 6.16. The van der Waals surface area contributed by atoms with E-state index in [4.69, 9.17) is 4.52 Å². The second-order valence-corrected chi connectivity index (χ2v) is 7.80. The van der Waals surface area contributed by atoms with Gasteiger partial charge in [0, 0.05) is 5.69 Å². The van der Waals surface area contributed by atoms with Crippen LogP contribution in [0.4, 0.5) is 0 Å².